The van der Waals surface area contributed by atoms with Crippen molar-refractivity contribution in [2.24, 2.45) is 4.99 Å². The zero-order valence-electron chi connectivity index (χ0n) is 14.2. The first-order valence-corrected chi connectivity index (χ1v) is 8.86. The molecular formula is C19H16N2O5S. The van der Waals surface area contributed by atoms with Gasteiger partial charge in [0, 0.05) is 11.6 Å². The van der Waals surface area contributed by atoms with Crippen LogP contribution in [-0.4, -0.2) is 37.6 Å². The Balaban J connectivity index is 2.02. The Morgan fingerprint density at radius 3 is 2.52 bits per heavy atom. The molecule has 27 heavy (non-hydrogen) atoms. The van der Waals surface area contributed by atoms with E-state index in [1.807, 2.05) is 0 Å². The maximum atomic E-state index is 12.9. The quantitative estimate of drug-likeness (QED) is 0.699. The second kappa shape index (κ2) is 7.55. The Morgan fingerprint density at radius 1 is 1.19 bits per heavy atom. The summed E-state index contributed by atoms with van der Waals surface area (Å²) in [4.78, 5) is 29.7. The van der Waals surface area contributed by atoms with Gasteiger partial charge in [0.25, 0.3) is 5.91 Å². The van der Waals surface area contributed by atoms with Gasteiger partial charge in [0.15, 0.2) is 5.17 Å². The van der Waals surface area contributed by atoms with Crippen molar-refractivity contribution >= 4 is 40.6 Å². The van der Waals surface area contributed by atoms with Crippen LogP contribution < -0.4 is 4.90 Å². The molecule has 0 spiro atoms. The number of aliphatic carboxylic acids is 1. The molecule has 0 aromatic heterocycles. The molecule has 0 saturated heterocycles. The maximum absolute atomic E-state index is 12.9. The topological polar surface area (TPSA) is 110 Å². The third-order valence-corrected chi connectivity index (χ3v) is 4.82. The van der Waals surface area contributed by atoms with E-state index in [1.54, 1.807) is 30.3 Å². The Kier molecular flexibility index (Phi) is 5.18. The van der Waals surface area contributed by atoms with Crippen LogP contribution in [0.15, 0.2) is 59.2 Å². The predicted molar refractivity (Wildman–Crippen MR) is 104 cm³/mol. The minimum Gasteiger partial charge on any atom is -0.508 e. The van der Waals surface area contributed by atoms with Gasteiger partial charge in [-0.25, -0.2) is 4.99 Å². The molecule has 1 heterocycles. The standard InChI is InChI=1S/C19H16N2O5S/c1-11(18(25)26)27-19-20-15(9-12-7-8-14(22)10-16(12)23)17(24)21(19)13-5-3-2-4-6-13/h2-11,22-23H,1H3,(H,25,26)/b15-9-. The molecule has 2 aromatic rings. The molecule has 3 rings (SSSR count). The van der Waals surface area contributed by atoms with Crippen molar-refractivity contribution in [2.45, 2.75) is 12.2 Å². The summed E-state index contributed by atoms with van der Waals surface area (Å²) in [5.74, 6) is -1.75. The van der Waals surface area contributed by atoms with Crippen LogP contribution in [-0.2, 0) is 9.59 Å². The van der Waals surface area contributed by atoms with Crippen molar-refractivity contribution < 1.29 is 24.9 Å². The van der Waals surface area contributed by atoms with Crippen LogP contribution in [0.2, 0.25) is 0 Å². The molecule has 0 saturated carbocycles. The highest BCUT2D eigenvalue weighted by Crippen LogP contribution is 2.32. The summed E-state index contributed by atoms with van der Waals surface area (Å²) in [5.41, 5.74) is 0.926. The van der Waals surface area contributed by atoms with Crippen molar-refractivity contribution in [1.29, 1.82) is 0 Å². The highest BCUT2D eigenvalue weighted by atomic mass is 32.2. The minimum atomic E-state index is -1.02. The molecule has 3 N–H and O–H groups in total. The molecule has 0 radical (unpaired) electrons. The lowest BCUT2D eigenvalue weighted by Crippen LogP contribution is -2.32. The Morgan fingerprint density at radius 2 is 1.89 bits per heavy atom. The minimum absolute atomic E-state index is 0.0555. The smallest absolute Gasteiger partial charge is 0.316 e. The van der Waals surface area contributed by atoms with Crippen LogP contribution in [0.5, 0.6) is 11.5 Å². The van der Waals surface area contributed by atoms with Crippen molar-refractivity contribution in [1.82, 2.24) is 0 Å². The summed E-state index contributed by atoms with van der Waals surface area (Å²) in [5, 5.41) is 28.0. The van der Waals surface area contributed by atoms with Gasteiger partial charge in [-0.15, -0.1) is 0 Å². The largest absolute Gasteiger partial charge is 0.508 e. The summed E-state index contributed by atoms with van der Waals surface area (Å²) >= 11 is 0.955. The maximum Gasteiger partial charge on any atom is 0.316 e. The van der Waals surface area contributed by atoms with Gasteiger partial charge < -0.3 is 15.3 Å². The fraction of sp³-hybridized carbons (Fsp3) is 0.105. The highest BCUT2D eigenvalue weighted by Gasteiger charge is 2.34. The number of thioether (sulfide) groups is 1. The van der Waals surface area contributed by atoms with E-state index >= 15 is 0 Å². The number of benzene rings is 2. The molecule has 0 bridgehead atoms. The predicted octanol–water partition coefficient (Wildman–Crippen LogP) is 3.05. The number of aliphatic imine (C=N–C) groups is 1. The number of hydrogen-bond acceptors (Lipinski definition) is 6. The fourth-order valence-corrected chi connectivity index (χ4v) is 3.25. The number of hydrogen-bond donors (Lipinski definition) is 3. The summed E-state index contributed by atoms with van der Waals surface area (Å²) < 4.78 is 0. The number of aromatic hydroxyl groups is 2. The van der Waals surface area contributed by atoms with Gasteiger partial charge in [0.2, 0.25) is 0 Å². The third-order valence-electron chi connectivity index (χ3n) is 3.78. The lowest BCUT2D eigenvalue weighted by atomic mass is 10.1. The van der Waals surface area contributed by atoms with Gasteiger partial charge in [0.05, 0.1) is 5.69 Å². The molecule has 7 nitrogen and oxygen atoms in total. The number of nitrogens with zero attached hydrogens (tertiary/aromatic N) is 2. The van der Waals surface area contributed by atoms with Crippen LogP contribution in [0.25, 0.3) is 6.08 Å². The lowest BCUT2D eigenvalue weighted by Gasteiger charge is -2.18. The number of para-hydroxylation sites is 1. The highest BCUT2D eigenvalue weighted by molar-refractivity contribution is 8.15. The van der Waals surface area contributed by atoms with Gasteiger partial charge in [-0.2, -0.15) is 0 Å². The average Bonchev–Trinajstić information content (AvgIpc) is 2.93. The molecule has 0 fully saturated rings. The van der Waals surface area contributed by atoms with Crippen LogP contribution in [0, 0.1) is 0 Å². The van der Waals surface area contributed by atoms with E-state index in [4.69, 9.17) is 0 Å². The number of amidine groups is 1. The number of phenols is 2. The van der Waals surface area contributed by atoms with E-state index in [0.29, 0.717) is 11.3 Å². The number of anilines is 1. The summed E-state index contributed by atoms with van der Waals surface area (Å²) in [6.07, 6.45) is 1.39. The van der Waals surface area contributed by atoms with Crippen molar-refractivity contribution in [2.75, 3.05) is 4.90 Å². The molecule has 0 aliphatic carbocycles. The molecule has 1 aliphatic heterocycles. The molecule has 1 unspecified atom stereocenters. The van der Waals surface area contributed by atoms with Crippen LogP contribution >= 0.6 is 11.8 Å². The number of amides is 1. The normalized spacial score (nSPS) is 16.5. The van der Waals surface area contributed by atoms with Crippen LogP contribution in [0.1, 0.15) is 12.5 Å². The van der Waals surface area contributed by atoms with Gasteiger partial charge >= 0.3 is 5.97 Å². The van der Waals surface area contributed by atoms with Gasteiger partial charge in [-0.1, -0.05) is 30.0 Å². The van der Waals surface area contributed by atoms with Gasteiger partial charge in [0.1, 0.15) is 22.4 Å². The second-order valence-corrected chi connectivity index (χ2v) is 7.05. The lowest BCUT2D eigenvalue weighted by molar-refractivity contribution is -0.136. The Hall–Kier alpha value is -3.26. The van der Waals surface area contributed by atoms with Gasteiger partial charge in [-0.05, 0) is 37.3 Å². The van der Waals surface area contributed by atoms with Crippen molar-refractivity contribution in [3.05, 3.63) is 59.8 Å². The van der Waals surface area contributed by atoms with E-state index < -0.39 is 17.1 Å². The summed E-state index contributed by atoms with van der Waals surface area (Å²) in [6.45, 7) is 1.51. The van der Waals surface area contributed by atoms with E-state index in [0.717, 1.165) is 17.8 Å². The molecule has 2 aromatic carbocycles. The number of carbonyl (C=O) groups is 2. The molecule has 1 aliphatic rings. The zero-order chi connectivity index (χ0) is 19.6. The van der Waals surface area contributed by atoms with E-state index in [1.165, 1.54) is 30.0 Å². The fourth-order valence-electron chi connectivity index (χ4n) is 2.39. The number of carboxylic acid groups (broad SMARTS) is 1. The van der Waals surface area contributed by atoms with Crippen LogP contribution in [0.3, 0.4) is 0 Å². The number of phenolic OH excluding ortho intramolecular Hbond substituents is 2. The first kappa shape index (κ1) is 18.5. The number of rotatable bonds is 4. The first-order chi connectivity index (χ1) is 12.9. The second-order valence-electron chi connectivity index (χ2n) is 5.74. The van der Waals surface area contributed by atoms with E-state index in [2.05, 4.69) is 4.99 Å². The molecule has 8 heteroatoms. The van der Waals surface area contributed by atoms with Gasteiger partial charge in [-0.3, -0.25) is 14.5 Å². The molecule has 1 atom stereocenters. The van der Waals surface area contributed by atoms with Crippen LogP contribution in [0.4, 0.5) is 5.69 Å². The van der Waals surface area contributed by atoms with Crippen molar-refractivity contribution in [3.63, 3.8) is 0 Å². The number of carbonyl (C=O) groups excluding carboxylic acids is 1. The third kappa shape index (κ3) is 3.95. The summed E-state index contributed by atoms with van der Waals surface area (Å²) in [7, 11) is 0. The molecule has 138 valence electrons. The monoisotopic (exact) mass is 384 g/mol. The average molecular weight is 384 g/mol. The molecule has 1 amide bonds. The van der Waals surface area contributed by atoms with E-state index in [9.17, 15) is 24.9 Å². The Bertz CT molecular complexity index is 956. The molecular weight excluding hydrogens is 368 g/mol. The SMILES string of the molecule is CC(SC1=N/C(=C\c2ccc(O)cc2O)C(=O)N1c1ccccc1)C(=O)O. The summed E-state index contributed by atoms with van der Waals surface area (Å²) in [6, 6.07) is 12.8. The van der Waals surface area contributed by atoms with Crippen molar-refractivity contribution in [3.8, 4) is 11.5 Å². The number of carboxylic acids is 1. The van der Waals surface area contributed by atoms with E-state index in [-0.39, 0.29) is 22.4 Å². The first-order valence-electron chi connectivity index (χ1n) is 7.98. The Labute approximate surface area is 159 Å². The zero-order valence-corrected chi connectivity index (χ0v) is 15.1.